The van der Waals surface area contributed by atoms with Crippen LogP contribution >= 0.6 is 11.6 Å². The van der Waals surface area contributed by atoms with Gasteiger partial charge >= 0.3 is 0 Å². The first-order valence-electron chi connectivity index (χ1n) is 6.81. The van der Waals surface area contributed by atoms with Crippen molar-refractivity contribution < 1.29 is 9.53 Å². The minimum absolute atomic E-state index is 0.0509. The highest BCUT2D eigenvalue weighted by Gasteiger charge is 2.18. The number of hydrogen-bond acceptors (Lipinski definition) is 3. The van der Waals surface area contributed by atoms with Crippen LogP contribution in [0.3, 0.4) is 0 Å². The standard InChI is InChI=1S/C15H23ClN2O2/c1-4-15(2,3)18-13(19)10-20-14-11(8-9-17)6-5-7-12(14)16/h5-7H,4,8-10,17H2,1-3H3,(H,18,19). The molecule has 0 atom stereocenters. The SMILES string of the molecule is CCC(C)(C)NC(=O)COc1c(Cl)cccc1CCN. The van der Waals surface area contributed by atoms with Crippen molar-refractivity contribution in [2.24, 2.45) is 5.73 Å². The minimum Gasteiger partial charge on any atom is -0.482 e. The van der Waals surface area contributed by atoms with Gasteiger partial charge in [0, 0.05) is 5.54 Å². The average molecular weight is 299 g/mol. The van der Waals surface area contributed by atoms with E-state index >= 15 is 0 Å². The number of hydrogen-bond donors (Lipinski definition) is 2. The Morgan fingerprint density at radius 2 is 2.15 bits per heavy atom. The maximum Gasteiger partial charge on any atom is 0.258 e. The zero-order valence-corrected chi connectivity index (χ0v) is 13.1. The number of rotatable bonds is 7. The van der Waals surface area contributed by atoms with E-state index in [4.69, 9.17) is 22.1 Å². The van der Waals surface area contributed by atoms with Crippen LogP contribution in [0.2, 0.25) is 5.02 Å². The van der Waals surface area contributed by atoms with Gasteiger partial charge in [0.25, 0.3) is 5.91 Å². The summed E-state index contributed by atoms with van der Waals surface area (Å²) in [6, 6.07) is 5.49. The molecule has 0 saturated heterocycles. The van der Waals surface area contributed by atoms with Crippen LogP contribution in [0.25, 0.3) is 0 Å². The second kappa shape index (κ2) is 7.50. The van der Waals surface area contributed by atoms with Gasteiger partial charge in [-0.25, -0.2) is 0 Å². The number of benzene rings is 1. The molecule has 0 saturated carbocycles. The third kappa shape index (κ3) is 5.02. The molecule has 112 valence electrons. The monoisotopic (exact) mass is 298 g/mol. The van der Waals surface area contributed by atoms with Gasteiger partial charge in [-0.05, 0) is 44.9 Å². The van der Waals surface area contributed by atoms with E-state index in [1.807, 2.05) is 32.9 Å². The van der Waals surface area contributed by atoms with Crippen molar-refractivity contribution in [2.75, 3.05) is 13.2 Å². The molecule has 0 heterocycles. The van der Waals surface area contributed by atoms with Gasteiger partial charge in [0.2, 0.25) is 0 Å². The zero-order chi connectivity index (χ0) is 15.2. The van der Waals surface area contributed by atoms with E-state index in [2.05, 4.69) is 5.32 Å². The lowest BCUT2D eigenvalue weighted by atomic mass is 10.0. The number of carbonyl (C=O) groups is 1. The molecule has 0 fully saturated rings. The second-order valence-corrected chi connectivity index (χ2v) is 5.75. The summed E-state index contributed by atoms with van der Waals surface area (Å²) in [5.41, 5.74) is 6.24. The fourth-order valence-electron chi connectivity index (χ4n) is 1.71. The van der Waals surface area contributed by atoms with Crippen LogP contribution in [0, 0.1) is 0 Å². The molecule has 0 aliphatic rings. The van der Waals surface area contributed by atoms with E-state index in [9.17, 15) is 4.79 Å². The highest BCUT2D eigenvalue weighted by atomic mass is 35.5. The third-order valence-electron chi connectivity index (χ3n) is 3.17. The highest BCUT2D eigenvalue weighted by Crippen LogP contribution is 2.28. The van der Waals surface area contributed by atoms with Gasteiger partial charge in [0.1, 0.15) is 5.75 Å². The van der Waals surface area contributed by atoms with E-state index in [1.165, 1.54) is 0 Å². The summed E-state index contributed by atoms with van der Waals surface area (Å²) < 4.78 is 5.57. The molecule has 0 spiro atoms. The number of halogens is 1. The van der Waals surface area contributed by atoms with E-state index in [-0.39, 0.29) is 18.1 Å². The van der Waals surface area contributed by atoms with Crippen molar-refractivity contribution in [3.8, 4) is 5.75 Å². The van der Waals surface area contributed by atoms with Crippen LogP contribution in [0.15, 0.2) is 18.2 Å². The molecule has 20 heavy (non-hydrogen) atoms. The molecule has 0 aromatic heterocycles. The van der Waals surface area contributed by atoms with Crippen molar-refractivity contribution in [3.05, 3.63) is 28.8 Å². The largest absolute Gasteiger partial charge is 0.482 e. The summed E-state index contributed by atoms with van der Waals surface area (Å²) in [5, 5.41) is 3.41. The van der Waals surface area contributed by atoms with Crippen LogP contribution in [-0.2, 0) is 11.2 Å². The number of nitrogens with two attached hydrogens (primary N) is 1. The van der Waals surface area contributed by atoms with Crippen molar-refractivity contribution in [2.45, 2.75) is 39.2 Å². The molecule has 0 bridgehead atoms. The number of amides is 1. The summed E-state index contributed by atoms with van der Waals surface area (Å²) in [7, 11) is 0. The molecule has 1 aromatic carbocycles. The predicted molar refractivity (Wildman–Crippen MR) is 82.2 cm³/mol. The lowest BCUT2D eigenvalue weighted by Gasteiger charge is -2.24. The molecule has 5 heteroatoms. The van der Waals surface area contributed by atoms with Crippen LogP contribution in [0.1, 0.15) is 32.8 Å². The predicted octanol–water partition coefficient (Wildman–Crippen LogP) is 2.52. The topological polar surface area (TPSA) is 64.3 Å². The molecular weight excluding hydrogens is 276 g/mol. The molecule has 0 aliphatic carbocycles. The van der Waals surface area contributed by atoms with Gasteiger partial charge in [-0.1, -0.05) is 30.7 Å². The summed E-state index contributed by atoms with van der Waals surface area (Å²) in [6.45, 7) is 6.42. The fourth-order valence-corrected chi connectivity index (χ4v) is 1.96. The Bertz CT molecular complexity index is 461. The van der Waals surface area contributed by atoms with Crippen LogP contribution in [0.4, 0.5) is 0 Å². The molecule has 1 aromatic rings. The van der Waals surface area contributed by atoms with Crippen molar-refractivity contribution >= 4 is 17.5 Å². The molecule has 0 radical (unpaired) electrons. The van der Waals surface area contributed by atoms with Gasteiger partial charge in [-0.2, -0.15) is 0 Å². The third-order valence-corrected chi connectivity index (χ3v) is 3.47. The van der Waals surface area contributed by atoms with E-state index < -0.39 is 0 Å². The Balaban J connectivity index is 2.68. The Labute approximate surface area is 125 Å². The quantitative estimate of drug-likeness (QED) is 0.813. The number of carbonyl (C=O) groups excluding carboxylic acids is 1. The molecule has 1 amide bonds. The van der Waals surface area contributed by atoms with Gasteiger partial charge < -0.3 is 15.8 Å². The van der Waals surface area contributed by atoms with Gasteiger partial charge in [-0.15, -0.1) is 0 Å². The molecule has 0 unspecified atom stereocenters. The van der Waals surface area contributed by atoms with Crippen LogP contribution in [-0.4, -0.2) is 24.6 Å². The highest BCUT2D eigenvalue weighted by molar-refractivity contribution is 6.32. The number of para-hydroxylation sites is 1. The Hall–Kier alpha value is -1.26. The van der Waals surface area contributed by atoms with Crippen LogP contribution in [0.5, 0.6) is 5.75 Å². The Kier molecular flexibility index (Phi) is 6.30. The second-order valence-electron chi connectivity index (χ2n) is 5.34. The van der Waals surface area contributed by atoms with Gasteiger partial charge in [-0.3, -0.25) is 4.79 Å². The Morgan fingerprint density at radius 3 is 2.75 bits per heavy atom. The van der Waals surface area contributed by atoms with Crippen molar-refractivity contribution in [1.29, 1.82) is 0 Å². The first kappa shape index (κ1) is 16.8. The first-order valence-corrected chi connectivity index (χ1v) is 7.18. The lowest BCUT2D eigenvalue weighted by Crippen LogP contribution is -2.44. The normalized spacial score (nSPS) is 11.2. The fraction of sp³-hybridized carbons (Fsp3) is 0.533. The number of ether oxygens (including phenoxy) is 1. The van der Waals surface area contributed by atoms with Crippen LogP contribution < -0.4 is 15.8 Å². The average Bonchev–Trinajstić information content (AvgIpc) is 2.38. The number of nitrogens with one attached hydrogen (secondary N) is 1. The molecule has 0 aliphatic heterocycles. The molecule has 1 rings (SSSR count). The molecule has 3 N–H and O–H groups in total. The maximum atomic E-state index is 11.9. The van der Waals surface area contributed by atoms with E-state index in [1.54, 1.807) is 6.07 Å². The zero-order valence-electron chi connectivity index (χ0n) is 12.3. The van der Waals surface area contributed by atoms with Gasteiger partial charge in [0.15, 0.2) is 6.61 Å². The molecular formula is C15H23ClN2O2. The first-order chi connectivity index (χ1) is 9.39. The maximum absolute atomic E-state index is 11.9. The summed E-state index contributed by atoms with van der Waals surface area (Å²) in [4.78, 5) is 11.9. The summed E-state index contributed by atoms with van der Waals surface area (Å²) >= 11 is 6.11. The van der Waals surface area contributed by atoms with Crippen molar-refractivity contribution in [1.82, 2.24) is 5.32 Å². The van der Waals surface area contributed by atoms with E-state index in [0.29, 0.717) is 23.7 Å². The summed E-state index contributed by atoms with van der Waals surface area (Å²) in [5.74, 6) is 0.388. The Morgan fingerprint density at radius 1 is 1.45 bits per heavy atom. The smallest absolute Gasteiger partial charge is 0.258 e. The molecule has 4 nitrogen and oxygen atoms in total. The van der Waals surface area contributed by atoms with Crippen molar-refractivity contribution in [3.63, 3.8) is 0 Å². The van der Waals surface area contributed by atoms with E-state index in [0.717, 1.165) is 12.0 Å². The minimum atomic E-state index is -0.235. The van der Waals surface area contributed by atoms with Gasteiger partial charge in [0.05, 0.1) is 5.02 Å². The summed E-state index contributed by atoms with van der Waals surface area (Å²) in [6.07, 6.45) is 1.52. The lowest BCUT2D eigenvalue weighted by molar-refractivity contribution is -0.124.